The van der Waals surface area contributed by atoms with Crippen LogP contribution in [0.1, 0.15) is 57.4 Å². The van der Waals surface area contributed by atoms with Crippen LogP contribution >= 0.6 is 11.6 Å². The van der Waals surface area contributed by atoms with Crippen LogP contribution in [-0.4, -0.2) is 39.7 Å². The van der Waals surface area contributed by atoms with Crippen LogP contribution in [0.15, 0.2) is 48.5 Å². The van der Waals surface area contributed by atoms with Gasteiger partial charge in [0.05, 0.1) is 11.4 Å². The monoisotopic (exact) mass is 509 g/mol. The van der Waals surface area contributed by atoms with Gasteiger partial charge in [-0.2, -0.15) is 5.10 Å². The van der Waals surface area contributed by atoms with Crippen LogP contribution in [0.4, 0.5) is 16.3 Å². The highest BCUT2D eigenvalue weighted by molar-refractivity contribution is 6.30. The molecule has 192 valence electrons. The van der Waals surface area contributed by atoms with Gasteiger partial charge in [-0.15, -0.1) is 0 Å². The number of rotatable bonds is 8. The van der Waals surface area contributed by atoms with Crippen LogP contribution in [0.5, 0.6) is 0 Å². The molecule has 1 aromatic heterocycles. The third-order valence-corrected chi connectivity index (χ3v) is 6.18. The molecule has 0 unspecified atom stereocenters. The van der Waals surface area contributed by atoms with Gasteiger partial charge in [-0.25, -0.2) is 9.48 Å². The number of amides is 3. The second-order valence-electron chi connectivity index (χ2n) is 10.1. The Bertz CT molecular complexity index is 1190. The number of unbranched alkanes of at least 4 members (excludes halogenated alkanes) is 1. The van der Waals surface area contributed by atoms with Gasteiger partial charge in [0.25, 0.3) is 0 Å². The number of aromatic nitrogens is 2. The van der Waals surface area contributed by atoms with Crippen LogP contribution in [0.2, 0.25) is 5.02 Å². The number of carbonyl (C=O) groups is 2. The van der Waals surface area contributed by atoms with Gasteiger partial charge in [0, 0.05) is 28.7 Å². The Morgan fingerprint density at radius 1 is 1.03 bits per heavy atom. The first-order chi connectivity index (χ1) is 17.0. The zero-order valence-electron chi connectivity index (χ0n) is 22.0. The van der Waals surface area contributed by atoms with Crippen LogP contribution in [0.3, 0.4) is 0 Å². The maximum absolute atomic E-state index is 13.2. The molecule has 1 heterocycles. The Morgan fingerprint density at radius 3 is 2.25 bits per heavy atom. The molecule has 2 N–H and O–H groups in total. The molecular weight excluding hydrogens is 474 g/mol. The number of urea groups is 1. The van der Waals surface area contributed by atoms with E-state index in [0.29, 0.717) is 17.4 Å². The number of nitrogens with one attached hydrogen (secondary N) is 2. The van der Waals surface area contributed by atoms with Crippen molar-refractivity contribution in [3.63, 3.8) is 0 Å². The molecule has 0 aliphatic heterocycles. The van der Waals surface area contributed by atoms with E-state index in [4.69, 9.17) is 16.7 Å². The average Bonchev–Trinajstić information content (AvgIpc) is 3.23. The molecular formula is C28H36ClN5O2. The largest absolute Gasteiger partial charge is 0.322 e. The van der Waals surface area contributed by atoms with E-state index in [9.17, 15) is 9.59 Å². The lowest BCUT2D eigenvalue weighted by Crippen LogP contribution is -2.41. The Labute approximate surface area is 218 Å². The van der Waals surface area contributed by atoms with Gasteiger partial charge in [-0.1, -0.05) is 63.9 Å². The number of halogens is 1. The summed E-state index contributed by atoms with van der Waals surface area (Å²) in [5.41, 5.74) is 4.13. The van der Waals surface area contributed by atoms with E-state index in [0.717, 1.165) is 41.0 Å². The second kappa shape index (κ2) is 11.6. The number of benzene rings is 2. The van der Waals surface area contributed by atoms with Crippen LogP contribution < -0.4 is 10.6 Å². The van der Waals surface area contributed by atoms with E-state index in [2.05, 4.69) is 38.3 Å². The molecule has 2 aromatic carbocycles. The first-order valence-corrected chi connectivity index (χ1v) is 12.7. The molecule has 0 aliphatic rings. The molecule has 0 radical (unpaired) electrons. The summed E-state index contributed by atoms with van der Waals surface area (Å²) in [4.78, 5) is 27.9. The first-order valence-electron chi connectivity index (χ1n) is 12.3. The predicted molar refractivity (Wildman–Crippen MR) is 147 cm³/mol. The minimum atomic E-state index is -0.294. The summed E-state index contributed by atoms with van der Waals surface area (Å²) in [7, 11) is 0. The van der Waals surface area contributed by atoms with Gasteiger partial charge < -0.3 is 15.5 Å². The number of hydrogen-bond acceptors (Lipinski definition) is 3. The number of aryl methyl sites for hydroxylation is 2. The van der Waals surface area contributed by atoms with Gasteiger partial charge in [-0.3, -0.25) is 4.79 Å². The summed E-state index contributed by atoms with van der Waals surface area (Å²) in [6.45, 7) is 12.6. The number of carbonyl (C=O) groups excluding carboxylic acids is 2. The van der Waals surface area contributed by atoms with Crippen molar-refractivity contribution in [3.8, 4) is 5.69 Å². The van der Waals surface area contributed by atoms with Crippen LogP contribution in [-0.2, 0) is 10.2 Å². The molecule has 0 saturated carbocycles. The summed E-state index contributed by atoms with van der Waals surface area (Å²) in [6.07, 6.45) is 1.71. The van der Waals surface area contributed by atoms with Crippen molar-refractivity contribution in [2.45, 2.75) is 59.8 Å². The van der Waals surface area contributed by atoms with Gasteiger partial charge in [-0.05, 0) is 55.7 Å². The summed E-state index contributed by atoms with van der Waals surface area (Å²) in [6, 6.07) is 14.7. The van der Waals surface area contributed by atoms with Crippen molar-refractivity contribution in [3.05, 3.63) is 70.4 Å². The zero-order chi connectivity index (χ0) is 26.5. The third-order valence-electron chi connectivity index (χ3n) is 5.93. The van der Waals surface area contributed by atoms with E-state index >= 15 is 0 Å². The minimum Gasteiger partial charge on any atom is -0.315 e. The number of hydrogen-bond donors (Lipinski definition) is 2. The molecule has 3 rings (SSSR count). The lowest BCUT2D eigenvalue weighted by Gasteiger charge is -2.23. The molecule has 3 amide bonds. The summed E-state index contributed by atoms with van der Waals surface area (Å²) < 4.78 is 1.70. The molecule has 36 heavy (non-hydrogen) atoms. The molecule has 0 spiro atoms. The Morgan fingerprint density at radius 2 is 1.67 bits per heavy atom. The lowest BCUT2D eigenvalue weighted by atomic mass is 9.92. The summed E-state index contributed by atoms with van der Waals surface area (Å²) in [5, 5.41) is 11.3. The average molecular weight is 510 g/mol. The molecule has 0 fully saturated rings. The van der Waals surface area contributed by atoms with E-state index < -0.39 is 0 Å². The highest BCUT2D eigenvalue weighted by Gasteiger charge is 2.23. The van der Waals surface area contributed by atoms with Crippen molar-refractivity contribution in [1.29, 1.82) is 0 Å². The summed E-state index contributed by atoms with van der Waals surface area (Å²) >= 11 is 6.06. The van der Waals surface area contributed by atoms with Gasteiger partial charge in [0.1, 0.15) is 12.4 Å². The van der Waals surface area contributed by atoms with Crippen LogP contribution in [0, 0.1) is 13.8 Å². The van der Waals surface area contributed by atoms with Crippen molar-refractivity contribution in [2.24, 2.45) is 0 Å². The quantitative estimate of drug-likeness (QED) is 0.354. The fourth-order valence-electron chi connectivity index (χ4n) is 3.77. The SMILES string of the molecule is CCCCN(CC(=O)Nc1cc(C(C)(C)C)nn1-c1ccc(Cl)cc1)C(=O)Nc1c(C)cccc1C. The molecule has 0 bridgehead atoms. The Hall–Kier alpha value is -3.32. The van der Waals surface area contributed by atoms with Gasteiger partial charge >= 0.3 is 6.03 Å². The number of para-hydroxylation sites is 1. The third kappa shape index (κ3) is 6.88. The molecule has 0 saturated heterocycles. The maximum atomic E-state index is 13.2. The fourth-order valence-corrected chi connectivity index (χ4v) is 3.90. The van der Waals surface area contributed by atoms with Crippen molar-refractivity contribution in [2.75, 3.05) is 23.7 Å². The topological polar surface area (TPSA) is 79.3 Å². The molecule has 3 aromatic rings. The standard InChI is InChI=1S/C28H36ClN5O2/c1-7-8-16-33(27(36)31-26-19(2)10-9-11-20(26)3)18-25(35)30-24-17-23(28(4,5)6)32-34(24)22-14-12-21(29)13-15-22/h9-15,17H,7-8,16,18H2,1-6H3,(H,30,35)(H,31,36). The molecule has 0 atom stereocenters. The number of anilines is 2. The van der Waals surface area contributed by atoms with E-state index in [-0.39, 0.29) is 23.9 Å². The lowest BCUT2D eigenvalue weighted by molar-refractivity contribution is -0.116. The maximum Gasteiger partial charge on any atom is 0.322 e. The van der Waals surface area contributed by atoms with E-state index in [1.807, 2.05) is 50.2 Å². The number of nitrogens with zero attached hydrogens (tertiary/aromatic N) is 3. The van der Waals surface area contributed by atoms with E-state index in [1.165, 1.54) is 0 Å². The highest BCUT2D eigenvalue weighted by Crippen LogP contribution is 2.27. The van der Waals surface area contributed by atoms with Gasteiger partial charge in [0.2, 0.25) is 5.91 Å². The molecule has 0 aliphatic carbocycles. The Kier molecular flexibility index (Phi) is 8.79. The second-order valence-corrected chi connectivity index (χ2v) is 10.5. The Balaban J connectivity index is 1.82. The van der Waals surface area contributed by atoms with Crippen LogP contribution in [0.25, 0.3) is 5.69 Å². The highest BCUT2D eigenvalue weighted by atomic mass is 35.5. The normalized spacial score (nSPS) is 11.3. The summed E-state index contributed by atoms with van der Waals surface area (Å²) in [5.74, 6) is 0.246. The van der Waals surface area contributed by atoms with Crippen molar-refractivity contribution >= 4 is 35.0 Å². The molecule has 7 nitrogen and oxygen atoms in total. The smallest absolute Gasteiger partial charge is 0.315 e. The first kappa shape index (κ1) is 27.3. The van der Waals surface area contributed by atoms with Gasteiger partial charge in [0.15, 0.2) is 0 Å². The van der Waals surface area contributed by atoms with Crippen molar-refractivity contribution < 1.29 is 9.59 Å². The van der Waals surface area contributed by atoms with E-state index in [1.54, 1.807) is 21.7 Å². The predicted octanol–water partition coefficient (Wildman–Crippen LogP) is 6.71. The fraction of sp³-hybridized carbons (Fsp3) is 0.393. The van der Waals surface area contributed by atoms with Crippen molar-refractivity contribution in [1.82, 2.24) is 14.7 Å². The minimum absolute atomic E-state index is 0.0760. The zero-order valence-corrected chi connectivity index (χ0v) is 22.7. The molecule has 8 heteroatoms.